The number of benzene rings is 1. The number of halogens is 2. The Morgan fingerprint density at radius 2 is 2.10 bits per heavy atom. The molecule has 1 aromatic carbocycles. The number of nitrogens with two attached hydrogens (primary N) is 1. The van der Waals surface area contributed by atoms with Gasteiger partial charge in [-0.05, 0) is 46.6 Å². The fourth-order valence-electron chi connectivity index (χ4n) is 1.64. The first-order chi connectivity index (χ1) is 9.79. The second-order valence-electron chi connectivity index (χ2n) is 4.44. The van der Waals surface area contributed by atoms with E-state index < -0.39 is 15.8 Å². The third-order valence-electron chi connectivity index (χ3n) is 2.78. The number of aromatic nitrogens is 1. The summed E-state index contributed by atoms with van der Waals surface area (Å²) >= 11 is 2.94. The van der Waals surface area contributed by atoms with Crippen molar-refractivity contribution in [3.05, 3.63) is 52.0 Å². The van der Waals surface area contributed by atoms with Gasteiger partial charge in [0.25, 0.3) is 0 Å². The summed E-state index contributed by atoms with van der Waals surface area (Å²) in [6, 6.07) is 5.66. The van der Waals surface area contributed by atoms with Crippen LogP contribution in [0.1, 0.15) is 11.3 Å². The van der Waals surface area contributed by atoms with Crippen LogP contribution in [0, 0.1) is 12.7 Å². The van der Waals surface area contributed by atoms with Crippen molar-refractivity contribution in [1.82, 2.24) is 9.71 Å². The maximum absolute atomic E-state index is 13.3. The van der Waals surface area contributed by atoms with Crippen LogP contribution in [0.3, 0.4) is 0 Å². The lowest BCUT2D eigenvalue weighted by Gasteiger charge is -2.10. The van der Waals surface area contributed by atoms with Crippen LogP contribution in [-0.4, -0.2) is 13.4 Å². The molecule has 1 aromatic heterocycles. The van der Waals surface area contributed by atoms with E-state index >= 15 is 0 Å². The molecule has 0 saturated carbocycles. The number of nitrogen functional groups attached to an aromatic ring is 1. The molecule has 0 bridgehead atoms. The minimum Gasteiger partial charge on any atom is -0.398 e. The van der Waals surface area contributed by atoms with Crippen molar-refractivity contribution in [2.75, 3.05) is 5.73 Å². The fraction of sp³-hybridized carbons (Fsp3) is 0.154. The molecule has 0 aliphatic carbocycles. The van der Waals surface area contributed by atoms with E-state index in [1.165, 1.54) is 0 Å². The average molecular weight is 374 g/mol. The highest BCUT2D eigenvalue weighted by molar-refractivity contribution is 9.10. The maximum Gasteiger partial charge on any atom is 0.242 e. The maximum atomic E-state index is 13.3. The smallest absolute Gasteiger partial charge is 0.242 e. The molecule has 0 aliphatic rings. The van der Waals surface area contributed by atoms with Crippen LogP contribution in [0.4, 0.5) is 10.1 Å². The summed E-state index contributed by atoms with van der Waals surface area (Å²) < 4.78 is 40.1. The Morgan fingerprint density at radius 3 is 2.71 bits per heavy atom. The van der Waals surface area contributed by atoms with Gasteiger partial charge in [0.2, 0.25) is 10.0 Å². The molecule has 0 atom stereocenters. The van der Waals surface area contributed by atoms with Gasteiger partial charge in [-0.25, -0.2) is 17.5 Å². The molecular weight excluding hydrogens is 361 g/mol. The first-order valence-corrected chi connectivity index (χ1v) is 8.23. The van der Waals surface area contributed by atoms with Gasteiger partial charge < -0.3 is 5.73 Å². The number of rotatable bonds is 4. The van der Waals surface area contributed by atoms with E-state index in [0.717, 1.165) is 17.8 Å². The van der Waals surface area contributed by atoms with Gasteiger partial charge in [-0.3, -0.25) is 4.98 Å². The summed E-state index contributed by atoms with van der Waals surface area (Å²) in [7, 11) is -3.84. The summed E-state index contributed by atoms with van der Waals surface area (Å²) in [5, 5.41) is 0. The molecule has 0 aliphatic heterocycles. The molecule has 112 valence electrons. The Kier molecular flexibility index (Phi) is 4.60. The highest BCUT2D eigenvalue weighted by Crippen LogP contribution is 2.26. The zero-order valence-corrected chi connectivity index (χ0v) is 13.5. The first kappa shape index (κ1) is 15.9. The Balaban J connectivity index is 2.22. The molecule has 0 spiro atoms. The van der Waals surface area contributed by atoms with Crippen molar-refractivity contribution >= 4 is 31.6 Å². The van der Waals surface area contributed by atoms with Crippen molar-refractivity contribution in [2.24, 2.45) is 0 Å². The van der Waals surface area contributed by atoms with Gasteiger partial charge in [0, 0.05) is 18.4 Å². The number of hydrogen-bond donors (Lipinski definition) is 2. The highest BCUT2D eigenvalue weighted by atomic mass is 79.9. The molecule has 1 heterocycles. The summed E-state index contributed by atoms with van der Waals surface area (Å²) in [5.74, 6) is -0.616. The van der Waals surface area contributed by atoms with Crippen LogP contribution < -0.4 is 10.5 Å². The van der Waals surface area contributed by atoms with Crippen molar-refractivity contribution in [1.29, 1.82) is 0 Å². The summed E-state index contributed by atoms with van der Waals surface area (Å²) in [6.07, 6.45) is 1.59. The number of sulfonamides is 1. The van der Waals surface area contributed by atoms with Crippen LogP contribution >= 0.6 is 15.9 Å². The largest absolute Gasteiger partial charge is 0.398 e. The molecule has 5 nitrogen and oxygen atoms in total. The molecule has 2 rings (SSSR count). The SMILES string of the molecule is Cc1ccc(CNS(=O)(=O)c2cc(Br)c(F)cc2N)cn1. The lowest BCUT2D eigenvalue weighted by atomic mass is 10.2. The second-order valence-corrected chi connectivity index (χ2v) is 7.03. The van der Waals surface area contributed by atoms with Crippen molar-refractivity contribution in [3.8, 4) is 0 Å². The zero-order valence-electron chi connectivity index (χ0n) is 11.1. The third kappa shape index (κ3) is 3.78. The van der Waals surface area contributed by atoms with Gasteiger partial charge in [0.1, 0.15) is 10.7 Å². The second kappa shape index (κ2) is 6.08. The molecule has 2 aromatic rings. The number of pyridine rings is 1. The summed E-state index contributed by atoms with van der Waals surface area (Å²) in [4.78, 5) is 3.91. The number of hydrogen-bond acceptors (Lipinski definition) is 4. The van der Waals surface area contributed by atoms with E-state index in [4.69, 9.17) is 5.73 Å². The number of nitrogens with zero attached hydrogens (tertiary/aromatic N) is 1. The predicted octanol–water partition coefficient (Wildman–Crippen LogP) is 2.35. The van der Waals surface area contributed by atoms with E-state index in [1.54, 1.807) is 18.3 Å². The molecule has 0 unspecified atom stereocenters. The van der Waals surface area contributed by atoms with Gasteiger partial charge in [0.05, 0.1) is 10.2 Å². The lowest BCUT2D eigenvalue weighted by Crippen LogP contribution is -2.24. The van der Waals surface area contributed by atoms with E-state index in [1.807, 2.05) is 6.92 Å². The fourth-order valence-corrected chi connectivity index (χ4v) is 3.29. The molecule has 0 fully saturated rings. The molecule has 0 amide bonds. The van der Waals surface area contributed by atoms with Gasteiger partial charge >= 0.3 is 0 Å². The van der Waals surface area contributed by atoms with Crippen molar-refractivity contribution < 1.29 is 12.8 Å². The predicted molar refractivity (Wildman–Crippen MR) is 81.5 cm³/mol. The van der Waals surface area contributed by atoms with Crippen LogP contribution in [0.25, 0.3) is 0 Å². The Labute approximate surface area is 130 Å². The van der Waals surface area contributed by atoms with E-state index in [9.17, 15) is 12.8 Å². The number of nitrogens with one attached hydrogen (secondary N) is 1. The molecule has 0 radical (unpaired) electrons. The Morgan fingerprint density at radius 1 is 1.38 bits per heavy atom. The van der Waals surface area contributed by atoms with Gasteiger partial charge in [-0.1, -0.05) is 6.07 Å². The highest BCUT2D eigenvalue weighted by Gasteiger charge is 2.19. The zero-order chi connectivity index (χ0) is 15.6. The first-order valence-electron chi connectivity index (χ1n) is 5.95. The Bertz CT molecular complexity index is 764. The number of anilines is 1. The molecule has 0 saturated heterocycles. The summed E-state index contributed by atoms with van der Waals surface area (Å²) in [5.41, 5.74) is 6.98. The Hall–Kier alpha value is -1.51. The third-order valence-corrected chi connectivity index (χ3v) is 4.85. The standard InChI is InChI=1S/C13H13BrFN3O2S/c1-8-2-3-9(6-17-8)7-18-21(19,20)13-4-10(14)11(15)5-12(13)16/h2-6,18H,7,16H2,1H3. The molecule has 21 heavy (non-hydrogen) atoms. The minimum atomic E-state index is -3.84. The van der Waals surface area contributed by atoms with E-state index in [-0.39, 0.29) is 21.6 Å². The van der Waals surface area contributed by atoms with Crippen LogP contribution in [0.15, 0.2) is 39.8 Å². The van der Waals surface area contributed by atoms with E-state index in [2.05, 4.69) is 25.6 Å². The monoisotopic (exact) mass is 373 g/mol. The molecule has 8 heteroatoms. The van der Waals surface area contributed by atoms with Crippen LogP contribution in [0.2, 0.25) is 0 Å². The van der Waals surface area contributed by atoms with Crippen molar-refractivity contribution in [3.63, 3.8) is 0 Å². The van der Waals surface area contributed by atoms with Gasteiger partial charge in [-0.15, -0.1) is 0 Å². The topological polar surface area (TPSA) is 85.1 Å². The van der Waals surface area contributed by atoms with Crippen LogP contribution in [-0.2, 0) is 16.6 Å². The van der Waals surface area contributed by atoms with Crippen molar-refractivity contribution in [2.45, 2.75) is 18.4 Å². The van der Waals surface area contributed by atoms with Gasteiger partial charge in [-0.2, -0.15) is 0 Å². The summed E-state index contributed by atoms with van der Waals surface area (Å²) in [6.45, 7) is 1.91. The molecular formula is C13H13BrFN3O2S. The quantitative estimate of drug-likeness (QED) is 0.805. The number of aryl methyl sites for hydroxylation is 1. The van der Waals surface area contributed by atoms with E-state index in [0.29, 0.717) is 5.56 Å². The van der Waals surface area contributed by atoms with Crippen LogP contribution in [0.5, 0.6) is 0 Å². The molecule has 3 N–H and O–H groups in total. The normalized spacial score (nSPS) is 11.6. The lowest BCUT2D eigenvalue weighted by molar-refractivity contribution is 0.580. The average Bonchev–Trinajstić information content (AvgIpc) is 2.42. The minimum absolute atomic E-state index is 0.0362. The van der Waals surface area contributed by atoms with Gasteiger partial charge in [0.15, 0.2) is 0 Å².